The van der Waals surface area contributed by atoms with E-state index in [1.807, 2.05) is 0 Å². The van der Waals surface area contributed by atoms with E-state index in [0.717, 1.165) is 18.0 Å². The molecule has 0 aromatic carbocycles. The number of nitrogens with one attached hydrogen (secondary N) is 1. The maximum absolute atomic E-state index is 3.98. The van der Waals surface area contributed by atoms with E-state index in [0.29, 0.717) is 6.17 Å². The highest BCUT2D eigenvalue weighted by Gasteiger charge is 2.35. The zero-order chi connectivity index (χ0) is 13.2. The number of nitrogens with zero attached hydrogens (tertiary/aromatic N) is 2. The van der Waals surface area contributed by atoms with Gasteiger partial charge in [0, 0.05) is 25.2 Å². The normalized spacial score (nSPS) is 38.4. The van der Waals surface area contributed by atoms with Crippen molar-refractivity contribution in [2.45, 2.75) is 69.6 Å². The smallest absolute Gasteiger partial charge is 0.0599 e. The van der Waals surface area contributed by atoms with Crippen molar-refractivity contribution in [3.05, 3.63) is 0 Å². The van der Waals surface area contributed by atoms with E-state index in [9.17, 15) is 0 Å². The molecule has 0 aromatic rings. The lowest BCUT2D eigenvalue weighted by atomic mass is 9.78. The molecule has 0 spiro atoms. The average molecular weight is 265 g/mol. The van der Waals surface area contributed by atoms with Crippen molar-refractivity contribution in [2.75, 3.05) is 27.2 Å². The molecule has 0 amide bonds. The maximum Gasteiger partial charge on any atom is 0.0599 e. The van der Waals surface area contributed by atoms with Crippen LogP contribution in [0.1, 0.15) is 51.4 Å². The molecule has 3 unspecified atom stereocenters. The van der Waals surface area contributed by atoms with Gasteiger partial charge in [0.1, 0.15) is 0 Å². The second kappa shape index (κ2) is 6.11. The molecule has 1 aliphatic carbocycles. The fraction of sp³-hybridized carbons (Fsp3) is 1.00. The molecule has 0 radical (unpaired) electrons. The van der Waals surface area contributed by atoms with Crippen molar-refractivity contribution in [1.29, 1.82) is 0 Å². The maximum atomic E-state index is 3.98. The summed E-state index contributed by atoms with van der Waals surface area (Å²) in [6.07, 6.45) is 12.1. The van der Waals surface area contributed by atoms with E-state index in [4.69, 9.17) is 0 Å². The van der Waals surface area contributed by atoms with Gasteiger partial charge in [0.2, 0.25) is 0 Å². The summed E-state index contributed by atoms with van der Waals surface area (Å²) in [5.74, 6) is 0.990. The van der Waals surface area contributed by atoms with Crippen LogP contribution in [0.15, 0.2) is 0 Å². The Balaban J connectivity index is 1.50. The predicted molar refractivity (Wildman–Crippen MR) is 80.2 cm³/mol. The summed E-state index contributed by atoms with van der Waals surface area (Å²) < 4.78 is 0. The molecule has 19 heavy (non-hydrogen) atoms. The number of fused-ring (bicyclic) bond motifs is 1. The van der Waals surface area contributed by atoms with Gasteiger partial charge in [0.05, 0.1) is 6.17 Å². The molecule has 2 saturated heterocycles. The Hall–Kier alpha value is -0.120. The molecule has 0 bridgehead atoms. The standard InChI is InChI=1S/C16H31N3/c1-18(2)14-9-11-19(12-10-14)16-8-7-13-5-3-4-6-15(13)17-16/h13-17H,3-12H2,1-2H3. The summed E-state index contributed by atoms with van der Waals surface area (Å²) in [5.41, 5.74) is 0. The Labute approximate surface area is 118 Å². The molecular formula is C16H31N3. The van der Waals surface area contributed by atoms with Gasteiger partial charge in [-0.3, -0.25) is 10.2 Å². The van der Waals surface area contributed by atoms with Gasteiger partial charge in [-0.1, -0.05) is 12.8 Å². The Bertz CT molecular complexity index is 284. The van der Waals surface area contributed by atoms with Crippen LogP contribution in [0.5, 0.6) is 0 Å². The van der Waals surface area contributed by atoms with Gasteiger partial charge in [-0.2, -0.15) is 0 Å². The van der Waals surface area contributed by atoms with Crippen molar-refractivity contribution in [1.82, 2.24) is 15.1 Å². The Morgan fingerprint density at radius 2 is 1.63 bits per heavy atom. The van der Waals surface area contributed by atoms with Crippen molar-refractivity contribution >= 4 is 0 Å². The first-order valence-corrected chi connectivity index (χ1v) is 8.40. The van der Waals surface area contributed by atoms with Gasteiger partial charge >= 0.3 is 0 Å². The van der Waals surface area contributed by atoms with E-state index in [-0.39, 0.29) is 0 Å². The average Bonchev–Trinajstić information content (AvgIpc) is 2.47. The molecule has 1 saturated carbocycles. The van der Waals surface area contributed by atoms with Gasteiger partial charge in [0.25, 0.3) is 0 Å². The fourth-order valence-electron chi connectivity index (χ4n) is 4.48. The van der Waals surface area contributed by atoms with Crippen LogP contribution in [-0.4, -0.2) is 55.2 Å². The second-order valence-corrected chi connectivity index (χ2v) is 7.14. The molecule has 3 nitrogen and oxygen atoms in total. The third-order valence-electron chi connectivity index (χ3n) is 5.80. The topological polar surface area (TPSA) is 18.5 Å². The molecule has 0 aromatic heterocycles. The van der Waals surface area contributed by atoms with Gasteiger partial charge < -0.3 is 4.90 Å². The molecule has 1 N–H and O–H groups in total. The highest BCUT2D eigenvalue weighted by molar-refractivity contribution is 4.91. The molecule has 3 fully saturated rings. The number of piperidine rings is 2. The van der Waals surface area contributed by atoms with Gasteiger partial charge in [-0.15, -0.1) is 0 Å². The molecule has 3 aliphatic rings. The monoisotopic (exact) mass is 265 g/mol. The van der Waals surface area contributed by atoms with E-state index >= 15 is 0 Å². The SMILES string of the molecule is CN(C)C1CCN(C2CCC3CCCCC3N2)CC1. The zero-order valence-electron chi connectivity index (χ0n) is 12.8. The molecule has 2 heterocycles. The lowest BCUT2D eigenvalue weighted by Crippen LogP contribution is -2.58. The summed E-state index contributed by atoms with van der Waals surface area (Å²) in [5, 5.41) is 3.98. The van der Waals surface area contributed by atoms with Crippen LogP contribution in [0.3, 0.4) is 0 Å². The fourth-order valence-corrected chi connectivity index (χ4v) is 4.48. The third-order valence-corrected chi connectivity index (χ3v) is 5.80. The molecule has 2 aliphatic heterocycles. The molecular weight excluding hydrogens is 234 g/mol. The number of likely N-dealkylation sites (tertiary alicyclic amines) is 1. The first kappa shape index (κ1) is 13.8. The van der Waals surface area contributed by atoms with Crippen LogP contribution in [0.4, 0.5) is 0 Å². The van der Waals surface area contributed by atoms with Crippen LogP contribution in [0.25, 0.3) is 0 Å². The van der Waals surface area contributed by atoms with Crippen LogP contribution in [0, 0.1) is 5.92 Å². The molecule has 110 valence electrons. The third kappa shape index (κ3) is 3.14. The molecule has 3 heteroatoms. The van der Waals surface area contributed by atoms with Crippen molar-refractivity contribution in [2.24, 2.45) is 5.92 Å². The summed E-state index contributed by atoms with van der Waals surface area (Å²) in [6.45, 7) is 2.58. The minimum Gasteiger partial charge on any atom is -0.306 e. The number of rotatable bonds is 2. The first-order chi connectivity index (χ1) is 9.24. The van der Waals surface area contributed by atoms with Crippen LogP contribution in [-0.2, 0) is 0 Å². The number of hydrogen-bond donors (Lipinski definition) is 1. The quantitative estimate of drug-likeness (QED) is 0.826. The van der Waals surface area contributed by atoms with Crippen LogP contribution >= 0.6 is 0 Å². The van der Waals surface area contributed by atoms with Crippen molar-refractivity contribution in [3.63, 3.8) is 0 Å². The first-order valence-electron chi connectivity index (χ1n) is 8.40. The van der Waals surface area contributed by atoms with Gasteiger partial charge in [0.15, 0.2) is 0 Å². The zero-order valence-corrected chi connectivity index (χ0v) is 12.8. The number of hydrogen-bond acceptors (Lipinski definition) is 3. The van der Waals surface area contributed by atoms with Crippen molar-refractivity contribution in [3.8, 4) is 0 Å². The van der Waals surface area contributed by atoms with E-state index in [2.05, 4.69) is 29.2 Å². The Morgan fingerprint density at radius 3 is 2.37 bits per heavy atom. The largest absolute Gasteiger partial charge is 0.306 e. The van der Waals surface area contributed by atoms with Gasteiger partial charge in [-0.05, 0) is 58.5 Å². The Kier molecular flexibility index (Phi) is 4.45. The highest BCUT2D eigenvalue weighted by atomic mass is 15.3. The van der Waals surface area contributed by atoms with E-state index in [1.165, 1.54) is 64.5 Å². The molecule has 3 atom stereocenters. The highest BCUT2D eigenvalue weighted by Crippen LogP contribution is 2.33. The summed E-state index contributed by atoms with van der Waals surface area (Å²) in [6, 6.07) is 1.64. The summed E-state index contributed by atoms with van der Waals surface area (Å²) in [7, 11) is 4.46. The van der Waals surface area contributed by atoms with Crippen LogP contribution in [0.2, 0.25) is 0 Å². The second-order valence-electron chi connectivity index (χ2n) is 7.14. The van der Waals surface area contributed by atoms with Crippen LogP contribution < -0.4 is 5.32 Å². The lowest BCUT2D eigenvalue weighted by molar-refractivity contribution is 0.0421. The minimum absolute atomic E-state index is 0.683. The minimum atomic E-state index is 0.683. The summed E-state index contributed by atoms with van der Waals surface area (Å²) >= 11 is 0. The van der Waals surface area contributed by atoms with Gasteiger partial charge in [-0.25, -0.2) is 0 Å². The molecule has 3 rings (SSSR count). The van der Waals surface area contributed by atoms with E-state index in [1.54, 1.807) is 0 Å². The lowest BCUT2D eigenvalue weighted by Gasteiger charge is -2.46. The Morgan fingerprint density at radius 1 is 0.895 bits per heavy atom. The summed E-state index contributed by atoms with van der Waals surface area (Å²) in [4.78, 5) is 5.13. The van der Waals surface area contributed by atoms with Crippen molar-refractivity contribution < 1.29 is 0 Å². The predicted octanol–water partition coefficient (Wildman–Crippen LogP) is 2.28. The van der Waals surface area contributed by atoms with E-state index < -0.39 is 0 Å².